The standard InChI is InChI=1S/C12H6F4N2O/c13-7-1-2-9(12(14,15)16)8(5-7)11(19)10-6-17-3-4-18-10/h1-6H. The first-order valence-corrected chi connectivity index (χ1v) is 5.07. The third-order valence-electron chi connectivity index (χ3n) is 2.33. The molecule has 0 unspecified atom stereocenters. The molecule has 19 heavy (non-hydrogen) atoms. The van der Waals surface area contributed by atoms with Crippen molar-refractivity contribution in [2.45, 2.75) is 6.18 Å². The van der Waals surface area contributed by atoms with E-state index < -0.39 is 28.9 Å². The van der Waals surface area contributed by atoms with Gasteiger partial charge in [-0.3, -0.25) is 9.78 Å². The van der Waals surface area contributed by atoms with Crippen LogP contribution in [0.5, 0.6) is 0 Å². The minimum absolute atomic E-state index is 0.279. The van der Waals surface area contributed by atoms with Gasteiger partial charge in [-0.25, -0.2) is 9.37 Å². The maximum absolute atomic E-state index is 13.1. The molecule has 0 aliphatic rings. The summed E-state index contributed by atoms with van der Waals surface area (Å²) in [6.07, 6.45) is -1.29. The molecule has 2 aromatic rings. The molecular weight excluding hydrogens is 264 g/mol. The number of carbonyl (C=O) groups excluding carboxylic acids is 1. The fourth-order valence-electron chi connectivity index (χ4n) is 1.51. The van der Waals surface area contributed by atoms with Gasteiger partial charge in [0, 0.05) is 18.0 Å². The molecule has 0 saturated carbocycles. The average molecular weight is 270 g/mol. The van der Waals surface area contributed by atoms with Crippen LogP contribution >= 0.6 is 0 Å². The van der Waals surface area contributed by atoms with Crippen LogP contribution in [0.2, 0.25) is 0 Å². The number of hydrogen-bond acceptors (Lipinski definition) is 3. The maximum atomic E-state index is 13.1. The van der Waals surface area contributed by atoms with Crippen molar-refractivity contribution in [3.8, 4) is 0 Å². The number of benzene rings is 1. The smallest absolute Gasteiger partial charge is 0.287 e. The molecule has 0 radical (unpaired) electrons. The minimum atomic E-state index is -4.75. The lowest BCUT2D eigenvalue weighted by Gasteiger charge is -2.11. The Bertz CT molecular complexity index is 611. The Kier molecular flexibility index (Phi) is 3.28. The van der Waals surface area contributed by atoms with E-state index in [0.717, 1.165) is 6.20 Å². The molecule has 0 aliphatic carbocycles. The van der Waals surface area contributed by atoms with Gasteiger partial charge < -0.3 is 0 Å². The summed E-state index contributed by atoms with van der Waals surface area (Å²) in [5.74, 6) is -1.96. The lowest BCUT2D eigenvalue weighted by molar-refractivity contribution is -0.137. The van der Waals surface area contributed by atoms with Crippen molar-refractivity contribution >= 4 is 5.78 Å². The van der Waals surface area contributed by atoms with E-state index in [-0.39, 0.29) is 5.69 Å². The van der Waals surface area contributed by atoms with E-state index in [2.05, 4.69) is 9.97 Å². The normalized spacial score (nSPS) is 11.4. The van der Waals surface area contributed by atoms with E-state index in [1.165, 1.54) is 12.4 Å². The fraction of sp³-hybridized carbons (Fsp3) is 0.0833. The molecule has 0 aliphatic heterocycles. The topological polar surface area (TPSA) is 42.9 Å². The summed E-state index contributed by atoms with van der Waals surface area (Å²) < 4.78 is 51.3. The molecule has 0 fully saturated rings. The maximum Gasteiger partial charge on any atom is 0.417 e. The van der Waals surface area contributed by atoms with Crippen molar-refractivity contribution in [3.05, 3.63) is 59.4 Å². The van der Waals surface area contributed by atoms with Gasteiger partial charge in [0.05, 0.1) is 11.8 Å². The number of carbonyl (C=O) groups is 1. The Morgan fingerprint density at radius 2 is 1.89 bits per heavy atom. The molecule has 0 saturated heterocycles. The van der Waals surface area contributed by atoms with Crippen LogP contribution < -0.4 is 0 Å². The number of halogens is 4. The molecule has 3 nitrogen and oxygen atoms in total. The van der Waals surface area contributed by atoms with E-state index in [1.54, 1.807) is 0 Å². The summed E-state index contributed by atoms with van der Waals surface area (Å²) in [5, 5.41) is 0. The monoisotopic (exact) mass is 270 g/mol. The van der Waals surface area contributed by atoms with Gasteiger partial charge in [-0.2, -0.15) is 13.2 Å². The Balaban J connectivity index is 2.56. The van der Waals surface area contributed by atoms with Gasteiger partial charge in [0.15, 0.2) is 0 Å². The van der Waals surface area contributed by atoms with Crippen LogP contribution in [0.4, 0.5) is 17.6 Å². The highest BCUT2D eigenvalue weighted by atomic mass is 19.4. The molecule has 98 valence electrons. The number of ketones is 1. The number of hydrogen-bond donors (Lipinski definition) is 0. The molecule has 1 aromatic heterocycles. The summed E-state index contributed by atoms with van der Waals surface area (Å²) in [6.45, 7) is 0. The summed E-state index contributed by atoms with van der Waals surface area (Å²) in [5.41, 5.74) is -2.27. The number of rotatable bonds is 2. The highest BCUT2D eigenvalue weighted by Gasteiger charge is 2.35. The first kappa shape index (κ1) is 13.1. The molecule has 7 heteroatoms. The van der Waals surface area contributed by atoms with Crippen LogP contribution in [-0.4, -0.2) is 15.8 Å². The summed E-state index contributed by atoms with van der Waals surface area (Å²) in [7, 11) is 0. The Labute approximate surface area is 104 Å². The van der Waals surface area contributed by atoms with Gasteiger partial charge >= 0.3 is 6.18 Å². The molecular formula is C12H6F4N2O. The summed E-state index contributed by atoms with van der Waals surface area (Å²) in [4.78, 5) is 19.1. The minimum Gasteiger partial charge on any atom is -0.287 e. The Hall–Kier alpha value is -2.31. The average Bonchev–Trinajstić information content (AvgIpc) is 2.37. The lowest BCUT2D eigenvalue weighted by Crippen LogP contribution is -2.15. The predicted octanol–water partition coefficient (Wildman–Crippen LogP) is 2.87. The van der Waals surface area contributed by atoms with Crippen LogP contribution in [-0.2, 0) is 6.18 Å². The van der Waals surface area contributed by atoms with Crippen LogP contribution in [0, 0.1) is 5.82 Å². The molecule has 1 aromatic carbocycles. The molecule has 0 amide bonds. The van der Waals surface area contributed by atoms with Crippen LogP contribution in [0.3, 0.4) is 0 Å². The Morgan fingerprint density at radius 3 is 2.47 bits per heavy atom. The van der Waals surface area contributed by atoms with E-state index in [4.69, 9.17) is 0 Å². The van der Waals surface area contributed by atoms with Gasteiger partial charge in [-0.1, -0.05) is 0 Å². The van der Waals surface area contributed by atoms with Crippen molar-refractivity contribution in [2.75, 3.05) is 0 Å². The zero-order chi connectivity index (χ0) is 14.0. The van der Waals surface area contributed by atoms with Gasteiger partial charge in [-0.15, -0.1) is 0 Å². The third-order valence-corrected chi connectivity index (χ3v) is 2.33. The first-order chi connectivity index (χ1) is 8.89. The van der Waals surface area contributed by atoms with E-state index in [9.17, 15) is 22.4 Å². The molecule has 1 heterocycles. The number of aromatic nitrogens is 2. The van der Waals surface area contributed by atoms with Gasteiger partial charge in [-0.05, 0) is 18.2 Å². The second-order valence-electron chi connectivity index (χ2n) is 3.61. The zero-order valence-corrected chi connectivity index (χ0v) is 9.28. The van der Waals surface area contributed by atoms with Crippen LogP contribution in [0.15, 0.2) is 36.8 Å². The third kappa shape index (κ3) is 2.75. The summed E-state index contributed by atoms with van der Waals surface area (Å²) >= 11 is 0. The first-order valence-electron chi connectivity index (χ1n) is 5.07. The molecule has 0 atom stereocenters. The second-order valence-corrected chi connectivity index (χ2v) is 3.61. The lowest BCUT2D eigenvalue weighted by atomic mass is 10.0. The van der Waals surface area contributed by atoms with Gasteiger partial charge in [0.1, 0.15) is 11.5 Å². The van der Waals surface area contributed by atoms with Crippen molar-refractivity contribution in [3.63, 3.8) is 0 Å². The number of nitrogens with zero attached hydrogens (tertiary/aromatic N) is 2. The highest BCUT2D eigenvalue weighted by molar-refractivity contribution is 6.08. The van der Waals surface area contributed by atoms with Crippen molar-refractivity contribution in [2.24, 2.45) is 0 Å². The SMILES string of the molecule is O=C(c1cnccn1)c1cc(F)ccc1C(F)(F)F. The van der Waals surface area contributed by atoms with Gasteiger partial charge in [0.25, 0.3) is 0 Å². The fourth-order valence-corrected chi connectivity index (χ4v) is 1.51. The molecule has 2 rings (SSSR count). The highest BCUT2D eigenvalue weighted by Crippen LogP contribution is 2.33. The van der Waals surface area contributed by atoms with Crippen molar-refractivity contribution in [1.82, 2.24) is 9.97 Å². The predicted molar refractivity (Wildman–Crippen MR) is 56.9 cm³/mol. The molecule has 0 N–H and O–H groups in total. The van der Waals surface area contributed by atoms with E-state index in [0.29, 0.717) is 18.2 Å². The summed E-state index contributed by atoms with van der Waals surface area (Å²) in [6, 6.07) is 1.72. The van der Waals surface area contributed by atoms with Crippen molar-refractivity contribution in [1.29, 1.82) is 0 Å². The van der Waals surface area contributed by atoms with Crippen LogP contribution in [0.25, 0.3) is 0 Å². The molecule has 0 spiro atoms. The quantitative estimate of drug-likeness (QED) is 0.622. The van der Waals surface area contributed by atoms with E-state index >= 15 is 0 Å². The van der Waals surface area contributed by atoms with Crippen molar-refractivity contribution < 1.29 is 22.4 Å². The zero-order valence-electron chi connectivity index (χ0n) is 9.28. The number of alkyl halides is 3. The molecule has 0 bridgehead atoms. The van der Waals surface area contributed by atoms with Crippen LogP contribution in [0.1, 0.15) is 21.6 Å². The Morgan fingerprint density at radius 1 is 1.16 bits per heavy atom. The van der Waals surface area contributed by atoms with Gasteiger partial charge in [0.2, 0.25) is 5.78 Å². The second kappa shape index (κ2) is 4.75. The van der Waals surface area contributed by atoms with E-state index in [1.807, 2.05) is 0 Å². The largest absolute Gasteiger partial charge is 0.417 e.